The molecule has 1 atom stereocenters. The minimum Gasteiger partial charge on any atom is -0.480 e. The second-order valence-corrected chi connectivity index (χ2v) is 4.52. The van der Waals surface area contributed by atoms with Crippen LogP contribution >= 0.6 is 11.3 Å². The van der Waals surface area contributed by atoms with Crippen molar-refractivity contribution in [3.8, 4) is 0 Å². The third-order valence-electron chi connectivity index (χ3n) is 2.38. The van der Waals surface area contributed by atoms with Crippen LogP contribution in [0.2, 0.25) is 0 Å². The molecule has 0 bridgehead atoms. The molecule has 16 heavy (non-hydrogen) atoms. The van der Waals surface area contributed by atoms with E-state index in [0.717, 1.165) is 15.8 Å². The summed E-state index contributed by atoms with van der Waals surface area (Å²) in [4.78, 5) is 14.7. The highest BCUT2D eigenvalue weighted by Crippen LogP contribution is 2.22. The van der Waals surface area contributed by atoms with Gasteiger partial charge in [-0.3, -0.25) is 9.78 Å². The van der Waals surface area contributed by atoms with E-state index >= 15 is 0 Å². The van der Waals surface area contributed by atoms with E-state index in [0.29, 0.717) is 0 Å². The monoisotopic (exact) mass is 236 g/mol. The Hall–Kier alpha value is -1.46. The fourth-order valence-electron chi connectivity index (χ4n) is 1.46. The lowest BCUT2D eigenvalue weighted by molar-refractivity contribution is -0.136. The van der Waals surface area contributed by atoms with E-state index < -0.39 is 5.97 Å². The van der Waals surface area contributed by atoms with E-state index in [4.69, 9.17) is 5.11 Å². The van der Waals surface area contributed by atoms with Crippen LogP contribution in [-0.2, 0) is 4.79 Å². The number of nitrogens with one attached hydrogen (secondary N) is 1. The van der Waals surface area contributed by atoms with Crippen molar-refractivity contribution in [1.82, 2.24) is 10.3 Å². The molecule has 2 aromatic heterocycles. The Balaban J connectivity index is 2.15. The minimum absolute atomic E-state index is 0.00454. The molecule has 2 rings (SSSR count). The summed E-state index contributed by atoms with van der Waals surface area (Å²) >= 11 is 1.64. The van der Waals surface area contributed by atoms with Crippen molar-refractivity contribution in [2.45, 2.75) is 13.0 Å². The van der Waals surface area contributed by atoms with Crippen molar-refractivity contribution in [3.63, 3.8) is 0 Å². The van der Waals surface area contributed by atoms with E-state index in [9.17, 15) is 4.79 Å². The highest BCUT2D eigenvalue weighted by Gasteiger charge is 2.08. The lowest BCUT2D eigenvalue weighted by Gasteiger charge is -2.11. The molecule has 0 amide bonds. The Morgan fingerprint density at radius 1 is 1.69 bits per heavy atom. The molecule has 0 aromatic carbocycles. The van der Waals surface area contributed by atoms with Gasteiger partial charge in [0, 0.05) is 12.2 Å². The molecule has 0 saturated carbocycles. The van der Waals surface area contributed by atoms with Crippen LogP contribution in [0.25, 0.3) is 10.2 Å². The number of thiophene rings is 1. The quantitative estimate of drug-likeness (QED) is 0.852. The molecule has 5 heteroatoms. The molecular weight excluding hydrogens is 224 g/mol. The Morgan fingerprint density at radius 3 is 3.25 bits per heavy atom. The third kappa shape index (κ3) is 2.37. The molecule has 0 aliphatic heterocycles. The fourth-order valence-corrected chi connectivity index (χ4v) is 2.25. The lowest BCUT2D eigenvalue weighted by atomic mass is 10.1. The molecule has 0 spiro atoms. The fraction of sp³-hybridized carbons (Fsp3) is 0.273. The summed E-state index contributed by atoms with van der Waals surface area (Å²) < 4.78 is 1.13. The molecular formula is C11H12N2O2S. The topological polar surface area (TPSA) is 62.2 Å². The summed E-state index contributed by atoms with van der Waals surface area (Å²) in [5, 5.41) is 13.5. The molecule has 2 heterocycles. The molecule has 0 aliphatic carbocycles. The van der Waals surface area contributed by atoms with Gasteiger partial charge in [0.15, 0.2) is 0 Å². The van der Waals surface area contributed by atoms with Crippen LogP contribution in [0.3, 0.4) is 0 Å². The number of hydrogen-bond donors (Lipinski definition) is 2. The normalized spacial score (nSPS) is 12.8. The van der Waals surface area contributed by atoms with Gasteiger partial charge in [0.1, 0.15) is 0 Å². The summed E-state index contributed by atoms with van der Waals surface area (Å²) in [6.07, 6.45) is 1.79. The first-order valence-corrected chi connectivity index (χ1v) is 5.83. The van der Waals surface area contributed by atoms with Crippen LogP contribution in [0.15, 0.2) is 23.7 Å². The van der Waals surface area contributed by atoms with E-state index in [-0.39, 0.29) is 12.6 Å². The lowest BCUT2D eigenvalue weighted by Crippen LogP contribution is -2.25. The standard InChI is InChI=1S/C11H12N2O2S/c1-7(12-6-11(14)15)8-4-10-9(13-5-8)2-3-16-10/h2-5,7,12H,6H2,1H3,(H,14,15). The SMILES string of the molecule is CC(NCC(=O)O)c1cnc2ccsc2c1. The zero-order chi connectivity index (χ0) is 11.5. The molecule has 2 N–H and O–H groups in total. The van der Waals surface area contributed by atoms with Crippen molar-refractivity contribution in [3.05, 3.63) is 29.3 Å². The van der Waals surface area contributed by atoms with Crippen LogP contribution in [0.4, 0.5) is 0 Å². The highest BCUT2D eigenvalue weighted by atomic mass is 32.1. The zero-order valence-electron chi connectivity index (χ0n) is 8.80. The number of pyridine rings is 1. The van der Waals surface area contributed by atoms with Crippen LogP contribution in [0, 0.1) is 0 Å². The molecule has 0 saturated heterocycles. The Bertz CT molecular complexity index is 509. The Morgan fingerprint density at radius 2 is 2.50 bits per heavy atom. The van der Waals surface area contributed by atoms with E-state index in [1.165, 1.54) is 0 Å². The average Bonchev–Trinajstić information content (AvgIpc) is 2.72. The van der Waals surface area contributed by atoms with Crippen LogP contribution in [-0.4, -0.2) is 22.6 Å². The summed E-state index contributed by atoms with van der Waals surface area (Å²) in [5.74, 6) is -0.850. The number of carboxylic acids is 1. The first kappa shape index (κ1) is 11.0. The predicted molar refractivity (Wildman–Crippen MR) is 63.7 cm³/mol. The zero-order valence-corrected chi connectivity index (χ0v) is 9.62. The van der Waals surface area contributed by atoms with Crippen molar-refractivity contribution in [2.75, 3.05) is 6.54 Å². The van der Waals surface area contributed by atoms with Crippen LogP contribution in [0.5, 0.6) is 0 Å². The van der Waals surface area contributed by atoms with Gasteiger partial charge in [-0.25, -0.2) is 0 Å². The van der Waals surface area contributed by atoms with Crippen LogP contribution in [0.1, 0.15) is 18.5 Å². The van der Waals surface area contributed by atoms with E-state index in [1.54, 1.807) is 17.5 Å². The van der Waals surface area contributed by atoms with Gasteiger partial charge in [0.2, 0.25) is 0 Å². The number of carboxylic acid groups (broad SMARTS) is 1. The van der Waals surface area contributed by atoms with Gasteiger partial charge in [-0.2, -0.15) is 0 Å². The molecule has 2 aromatic rings. The van der Waals surface area contributed by atoms with Gasteiger partial charge in [0.25, 0.3) is 0 Å². The molecule has 0 fully saturated rings. The van der Waals surface area contributed by atoms with Crippen molar-refractivity contribution in [2.24, 2.45) is 0 Å². The molecule has 1 unspecified atom stereocenters. The maximum Gasteiger partial charge on any atom is 0.317 e. The van der Waals surface area contributed by atoms with E-state index in [2.05, 4.69) is 10.3 Å². The van der Waals surface area contributed by atoms with Crippen molar-refractivity contribution < 1.29 is 9.90 Å². The summed E-state index contributed by atoms with van der Waals surface area (Å²) in [5.41, 5.74) is 2.00. The first-order valence-electron chi connectivity index (χ1n) is 4.95. The average molecular weight is 236 g/mol. The smallest absolute Gasteiger partial charge is 0.317 e. The first-order chi connectivity index (χ1) is 7.66. The number of nitrogens with zero attached hydrogens (tertiary/aromatic N) is 1. The van der Waals surface area contributed by atoms with Gasteiger partial charge in [-0.1, -0.05) is 0 Å². The number of carbonyl (C=O) groups is 1. The maximum absolute atomic E-state index is 10.4. The molecule has 4 nitrogen and oxygen atoms in total. The van der Waals surface area contributed by atoms with Gasteiger partial charge in [0.05, 0.1) is 16.8 Å². The maximum atomic E-state index is 10.4. The van der Waals surface area contributed by atoms with Crippen molar-refractivity contribution >= 4 is 27.5 Å². The second kappa shape index (κ2) is 4.59. The molecule has 0 aliphatic rings. The van der Waals surface area contributed by atoms with Gasteiger partial charge >= 0.3 is 5.97 Å². The third-order valence-corrected chi connectivity index (χ3v) is 3.24. The van der Waals surface area contributed by atoms with Crippen molar-refractivity contribution in [1.29, 1.82) is 0 Å². The minimum atomic E-state index is -0.850. The summed E-state index contributed by atoms with van der Waals surface area (Å²) in [6, 6.07) is 4.01. The second-order valence-electron chi connectivity index (χ2n) is 3.57. The number of aliphatic carboxylic acids is 1. The number of rotatable bonds is 4. The van der Waals surface area contributed by atoms with E-state index in [1.807, 2.05) is 24.4 Å². The largest absolute Gasteiger partial charge is 0.480 e. The summed E-state index contributed by atoms with van der Waals surface area (Å²) in [7, 11) is 0. The molecule has 0 radical (unpaired) electrons. The van der Waals surface area contributed by atoms with Gasteiger partial charge < -0.3 is 10.4 Å². The molecule has 84 valence electrons. The van der Waals surface area contributed by atoms with Gasteiger partial charge in [-0.15, -0.1) is 11.3 Å². The number of hydrogen-bond acceptors (Lipinski definition) is 4. The predicted octanol–water partition coefficient (Wildman–Crippen LogP) is 2.03. The van der Waals surface area contributed by atoms with Crippen LogP contribution < -0.4 is 5.32 Å². The number of fused-ring (bicyclic) bond motifs is 1. The number of aromatic nitrogens is 1. The highest BCUT2D eigenvalue weighted by molar-refractivity contribution is 7.17. The van der Waals surface area contributed by atoms with Gasteiger partial charge in [-0.05, 0) is 30.0 Å². The summed E-state index contributed by atoms with van der Waals surface area (Å²) in [6.45, 7) is 1.89. The Labute approximate surface area is 96.9 Å². The Kier molecular flexibility index (Phi) is 3.17.